The summed E-state index contributed by atoms with van der Waals surface area (Å²) in [6, 6.07) is 7.38. The third kappa shape index (κ3) is 2.74. The Kier molecular flexibility index (Phi) is 3.77. The Balaban J connectivity index is 2.73. The highest BCUT2D eigenvalue weighted by atomic mass is 35.5. The second-order valence-electron chi connectivity index (χ2n) is 2.64. The minimum Gasteiger partial charge on any atom is -0.497 e. The summed E-state index contributed by atoms with van der Waals surface area (Å²) in [7, 11) is 1.61. The summed E-state index contributed by atoms with van der Waals surface area (Å²) in [6.07, 6.45) is 1.16. The van der Waals surface area contributed by atoms with Gasteiger partial charge in [0.15, 0.2) is 0 Å². The molecule has 1 rings (SSSR count). The molecule has 0 aliphatic rings. The Labute approximate surface area is 82.5 Å². The van der Waals surface area contributed by atoms with Crippen LogP contribution in [0.15, 0.2) is 24.3 Å². The molecule has 0 heterocycles. The number of carbonyl (C=O) groups is 1. The van der Waals surface area contributed by atoms with Gasteiger partial charge in [0, 0.05) is 6.42 Å². The fourth-order valence-corrected chi connectivity index (χ4v) is 1.25. The maximum Gasteiger partial charge on any atom is 0.121 e. The molecule has 13 heavy (non-hydrogen) atoms. The molecule has 0 fully saturated rings. The number of halogens is 1. The van der Waals surface area contributed by atoms with E-state index in [9.17, 15) is 4.79 Å². The smallest absolute Gasteiger partial charge is 0.121 e. The van der Waals surface area contributed by atoms with Crippen LogP contribution in [0.25, 0.3) is 0 Å². The van der Waals surface area contributed by atoms with Crippen molar-refractivity contribution < 1.29 is 9.53 Å². The second kappa shape index (κ2) is 4.87. The van der Waals surface area contributed by atoms with E-state index in [1.807, 2.05) is 24.3 Å². The Morgan fingerprint density at radius 1 is 1.46 bits per heavy atom. The summed E-state index contributed by atoms with van der Waals surface area (Å²) < 4.78 is 5.00. The molecule has 0 spiro atoms. The van der Waals surface area contributed by atoms with E-state index in [0.717, 1.165) is 17.6 Å². The van der Waals surface area contributed by atoms with Gasteiger partial charge in [-0.15, -0.1) is 11.6 Å². The first-order chi connectivity index (χ1) is 6.27. The molecule has 1 aromatic rings. The highest BCUT2D eigenvalue weighted by Crippen LogP contribution is 2.24. The first-order valence-corrected chi connectivity index (χ1v) is 4.43. The number of alkyl halides is 1. The van der Waals surface area contributed by atoms with E-state index in [-0.39, 0.29) is 5.38 Å². The van der Waals surface area contributed by atoms with Gasteiger partial charge in [-0.2, -0.15) is 0 Å². The minimum absolute atomic E-state index is 0.233. The quantitative estimate of drug-likeness (QED) is 0.549. The van der Waals surface area contributed by atoms with Crippen molar-refractivity contribution in [3.63, 3.8) is 0 Å². The van der Waals surface area contributed by atoms with Crippen LogP contribution in [0, 0.1) is 0 Å². The summed E-state index contributed by atoms with van der Waals surface area (Å²) >= 11 is 5.93. The predicted molar refractivity (Wildman–Crippen MR) is 52.3 cm³/mol. The van der Waals surface area contributed by atoms with E-state index in [1.165, 1.54) is 0 Å². The van der Waals surface area contributed by atoms with Gasteiger partial charge in [0.2, 0.25) is 0 Å². The molecule has 1 aromatic carbocycles. The van der Waals surface area contributed by atoms with Crippen molar-refractivity contribution in [1.29, 1.82) is 0 Å². The molecular formula is C10H11ClO2. The topological polar surface area (TPSA) is 26.3 Å². The SMILES string of the molecule is COc1ccc(C(Cl)CC=O)cc1. The zero-order valence-corrected chi connectivity index (χ0v) is 8.12. The number of ether oxygens (including phenoxy) is 1. The average molecular weight is 199 g/mol. The van der Waals surface area contributed by atoms with Crippen molar-refractivity contribution >= 4 is 17.9 Å². The summed E-state index contributed by atoms with van der Waals surface area (Å²) in [5.74, 6) is 0.790. The van der Waals surface area contributed by atoms with Crippen LogP contribution in [0.2, 0.25) is 0 Å². The van der Waals surface area contributed by atoms with Gasteiger partial charge in [-0.3, -0.25) is 0 Å². The molecule has 0 aromatic heterocycles. The lowest BCUT2D eigenvalue weighted by Gasteiger charge is -2.06. The van der Waals surface area contributed by atoms with Crippen LogP contribution in [0.5, 0.6) is 5.75 Å². The molecule has 0 saturated heterocycles. The molecule has 2 nitrogen and oxygen atoms in total. The van der Waals surface area contributed by atoms with E-state index < -0.39 is 0 Å². The van der Waals surface area contributed by atoms with Gasteiger partial charge in [0.1, 0.15) is 12.0 Å². The third-order valence-electron chi connectivity index (χ3n) is 1.78. The average Bonchev–Trinajstić information content (AvgIpc) is 2.18. The summed E-state index contributed by atoms with van der Waals surface area (Å²) in [5, 5.41) is -0.233. The lowest BCUT2D eigenvalue weighted by atomic mass is 10.1. The Morgan fingerprint density at radius 3 is 2.54 bits per heavy atom. The maximum absolute atomic E-state index is 10.2. The minimum atomic E-state index is -0.233. The monoisotopic (exact) mass is 198 g/mol. The van der Waals surface area contributed by atoms with E-state index in [2.05, 4.69) is 0 Å². The summed E-state index contributed by atoms with van der Waals surface area (Å²) in [4.78, 5) is 10.2. The zero-order chi connectivity index (χ0) is 9.68. The van der Waals surface area contributed by atoms with Crippen molar-refractivity contribution in [3.8, 4) is 5.75 Å². The van der Waals surface area contributed by atoms with Crippen LogP contribution >= 0.6 is 11.6 Å². The summed E-state index contributed by atoms with van der Waals surface area (Å²) in [5.41, 5.74) is 0.939. The number of carbonyl (C=O) groups excluding carboxylic acids is 1. The Bertz CT molecular complexity index is 269. The molecular weight excluding hydrogens is 188 g/mol. The summed E-state index contributed by atoms with van der Waals surface area (Å²) in [6.45, 7) is 0. The zero-order valence-electron chi connectivity index (χ0n) is 7.37. The van der Waals surface area contributed by atoms with Crippen LogP contribution in [-0.4, -0.2) is 13.4 Å². The molecule has 3 heteroatoms. The van der Waals surface area contributed by atoms with Crippen molar-refractivity contribution in [3.05, 3.63) is 29.8 Å². The first-order valence-electron chi connectivity index (χ1n) is 3.99. The van der Waals surface area contributed by atoms with Gasteiger partial charge >= 0.3 is 0 Å². The van der Waals surface area contributed by atoms with Crippen LogP contribution in [0.4, 0.5) is 0 Å². The lowest BCUT2D eigenvalue weighted by Crippen LogP contribution is -1.91. The second-order valence-corrected chi connectivity index (χ2v) is 3.17. The maximum atomic E-state index is 10.2. The molecule has 1 unspecified atom stereocenters. The van der Waals surface area contributed by atoms with Crippen molar-refractivity contribution in [2.24, 2.45) is 0 Å². The molecule has 0 aliphatic heterocycles. The van der Waals surface area contributed by atoms with E-state index in [1.54, 1.807) is 7.11 Å². The van der Waals surface area contributed by atoms with Crippen molar-refractivity contribution in [1.82, 2.24) is 0 Å². The highest BCUT2D eigenvalue weighted by Gasteiger charge is 2.06. The van der Waals surface area contributed by atoms with Crippen LogP contribution in [0.3, 0.4) is 0 Å². The molecule has 1 atom stereocenters. The number of aldehydes is 1. The molecule has 0 radical (unpaired) electrons. The third-order valence-corrected chi connectivity index (χ3v) is 2.21. The number of methoxy groups -OCH3 is 1. The molecule has 0 N–H and O–H groups in total. The van der Waals surface area contributed by atoms with Gasteiger partial charge in [-0.1, -0.05) is 12.1 Å². The standard InChI is InChI=1S/C10H11ClO2/c1-13-9-4-2-8(3-5-9)10(11)6-7-12/h2-5,7,10H,6H2,1H3. The van der Waals surface area contributed by atoms with Crippen LogP contribution in [0.1, 0.15) is 17.4 Å². The Hall–Kier alpha value is -1.02. The number of hydrogen-bond donors (Lipinski definition) is 0. The highest BCUT2D eigenvalue weighted by molar-refractivity contribution is 6.21. The van der Waals surface area contributed by atoms with Gasteiger partial charge in [-0.25, -0.2) is 0 Å². The van der Waals surface area contributed by atoms with Gasteiger partial charge in [0.25, 0.3) is 0 Å². The van der Waals surface area contributed by atoms with Gasteiger partial charge < -0.3 is 9.53 Å². The number of rotatable bonds is 4. The van der Waals surface area contributed by atoms with Gasteiger partial charge in [-0.05, 0) is 17.7 Å². The van der Waals surface area contributed by atoms with Crippen LogP contribution < -0.4 is 4.74 Å². The molecule has 0 amide bonds. The normalized spacial score (nSPS) is 12.2. The van der Waals surface area contributed by atoms with Crippen molar-refractivity contribution in [2.75, 3.05) is 7.11 Å². The molecule has 0 bridgehead atoms. The number of benzene rings is 1. The van der Waals surface area contributed by atoms with E-state index in [4.69, 9.17) is 16.3 Å². The predicted octanol–water partition coefficient (Wildman–Crippen LogP) is 2.56. The Morgan fingerprint density at radius 2 is 2.08 bits per heavy atom. The first kappa shape index (κ1) is 10.1. The van der Waals surface area contributed by atoms with Crippen LogP contribution in [-0.2, 0) is 4.79 Å². The van der Waals surface area contributed by atoms with E-state index in [0.29, 0.717) is 6.42 Å². The molecule has 70 valence electrons. The largest absolute Gasteiger partial charge is 0.497 e. The fraction of sp³-hybridized carbons (Fsp3) is 0.300. The van der Waals surface area contributed by atoms with Crippen molar-refractivity contribution in [2.45, 2.75) is 11.8 Å². The van der Waals surface area contributed by atoms with Gasteiger partial charge in [0.05, 0.1) is 12.5 Å². The molecule has 0 aliphatic carbocycles. The lowest BCUT2D eigenvalue weighted by molar-refractivity contribution is -0.107. The number of hydrogen-bond acceptors (Lipinski definition) is 2. The fourth-order valence-electron chi connectivity index (χ4n) is 1.03. The van der Waals surface area contributed by atoms with E-state index >= 15 is 0 Å². The molecule has 0 saturated carbocycles.